The highest BCUT2D eigenvalue weighted by Crippen LogP contribution is 2.29. The number of morpholine rings is 1. The lowest BCUT2D eigenvalue weighted by Crippen LogP contribution is -2.45. The molecular formula is C18H21N3OS. The van der Waals surface area contributed by atoms with Gasteiger partial charge < -0.3 is 15.0 Å². The topological polar surface area (TPSA) is 48.3 Å². The van der Waals surface area contributed by atoms with E-state index in [0.29, 0.717) is 0 Å². The van der Waals surface area contributed by atoms with Crippen molar-refractivity contribution in [2.24, 2.45) is 0 Å². The number of nitrogens with zero attached hydrogens (tertiary/aromatic N) is 2. The Hall–Kier alpha value is -2.03. The van der Waals surface area contributed by atoms with Gasteiger partial charge in [-0.3, -0.25) is 0 Å². The number of rotatable bonds is 4. The summed E-state index contributed by atoms with van der Waals surface area (Å²) in [7, 11) is 0. The average Bonchev–Trinajstić information content (AvgIpc) is 3.00. The fourth-order valence-electron chi connectivity index (χ4n) is 2.99. The predicted molar refractivity (Wildman–Crippen MR) is 95.0 cm³/mol. The van der Waals surface area contributed by atoms with E-state index in [2.05, 4.69) is 48.3 Å². The van der Waals surface area contributed by atoms with Crippen molar-refractivity contribution >= 4 is 22.7 Å². The van der Waals surface area contributed by atoms with Gasteiger partial charge >= 0.3 is 0 Å². The highest BCUT2D eigenvalue weighted by atomic mass is 32.1. The van der Waals surface area contributed by atoms with E-state index >= 15 is 0 Å². The van der Waals surface area contributed by atoms with Gasteiger partial charge in [0.15, 0.2) is 0 Å². The van der Waals surface area contributed by atoms with Crippen LogP contribution < -0.4 is 10.2 Å². The van der Waals surface area contributed by atoms with Gasteiger partial charge in [0.1, 0.15) is 10.9 Å². The lowest BCUT2D eigenvalue weighted by molar-refractivity contribution is -0.00517. The number of anilines is 2. The Bertz CT molecular complexity index is 696. The maximum absolute atomic E-state index is 8.92. The van der Waals surface area contributed by atoms with Gasteiger partial charge in [-0.05, 0) is 38.1 Å². The molecule has 120 valence electrons. The quantitative estimate of drug-likeness (QED) is 0.927. The van der Waals surface area contributed by atoms with E-state index in [0.717, 1.165) is 30.2 Å². The summed E-state index contributed by atoms with van der Waals surface area (Å²) >= 11 is 1.54. The molecule has 23 heavy (non-hydrogen) atoms. The minimum Gasteiger partial charge on any atom is -0.378 e. The second-order valence-electron chi connectivity index (χ2n) is 5.91. The van der Waals surface area contributed by atoms with E-state index in [1.54, 1.807) is 0 Å². The van der Waals surface area contributed by atoms with Crippen molar-refractivity contribution in [3.63, 3.8) is 0 Å². The van der Waals surface area contributed by atoms with Crippen molar-refractivity contribution in [3.05, 3.63) is 46.2 Å². The van der Waals surface area contributed by atoms with Gasteiger partial charge in [0.2, 0.25) is 0 Å². The van der Waals surface area contributed by atoms with Crippen molar-refractivity contribution in [3.8, 4) is 6.07 Å². The molecule has 3 rings (SSSR count). The number of ether oxygens (including phenoxy) is 1. The van der Waals surface area contributed by atoms with Crippen LogP contribution >= 0.6 is 11.3 Å². The zero-order valence-corrected chi connectivity index (χ0v) is 14.3. The first-order valence-electron chi connectivity index (χ1n) is 7.88. The number of benzene rings is 1. The Kier molecular flexibility index (Phi) is 4.85. The van der Waals surface area contributed by atoms with Crippen LogP contribution in [0.15, 0.2) is 36.4 Å². The van der Waals surface area contributed by atoms with Gasteiger partial charge in [0, 0.05) is 24.5 Å². The molecule has 0 radical (unpaired) electrons. The monoisotopic (exact) mass is 327 g/mol. The van der Waals surface area contributed by atoms with Gasteiger partial charge in [-0.15, -0.1) is 11.3 Å². The summed E-state index contributed by atoms with van der Waals surface area (Å²) in [6, 6.07) is 14.5. The van der Waals surface area contributed by atoms with E-state index in [-0.39, 0.29) is 12.2 Å². The van der Waals surface area contributed by atoms with Gasteiger partial charge in [-0.1, -0.05) is 12.1 Å². The highest BCUT2D eigenvalue weighted by Gasteiger charge is 2.23. The summed E-state index contributed by atoms with van der Waals surface area (Å²) < 4.78 is 5.83. The Morgan fingerprint density at radius 2 is 1.96 bits per heavy atom. The third-order valence-electron chi connectivity index (χ3n) is 3.89. The van der Waals surface area contributed by atoms with E-state index in [4.69, 9.17) is 10.00 Å². The first-order valence-corrected chi connectivity index (χ1v) is 8.69. The van der Waals surface area contributed by atoms with Crippen molar-refractivity contribution in [1.29, 1.82) is 5.26 Å². The largest absolute Gasteiger partial charge is 0.378 e. The molecule has 1 fully saturated rings. The zero-order chi connectivity index (χ0) is 16.2. The molecule has 1 saturated heterocycles. The van der Waals surface area contributed by atoms with Crippen LogP contribution in [0.5, 0.6) is 0 Å². The Balaban J connectivity index is 1.74. The Morgan fingerprint density at radius 1 is 1.22 bits per heavy atom. The first-order chi connectivity index (χ1) is 11.2. The van der Waals surface area contributed by atoms with Crippen LogP contribution in [0.1, 0.15) is 23.6 Å². The predicted octanol–water partition coefficient (Wildman–Crippen LogP) is 3.85. The summed E-state index contributed by atoms with van der Waals surface area (Å²) in [5.74, 6) is 0. The molecule has 0 amide bonds. The normalized spacial score (nSPS) is 21.0. The van der Waals surface area contributed by atoms with Crippen LogP contribution in [0.2, 0.25) is 0 Å². The van der Waals surface area contributed by atoms with E-state index in [1.165, 1.54) is 21.9 Å². The number of hydrogen-bond donors (Lipinski definition) is 1. The molecule has 1 aliphatic heterocycles. The fraction of sp³-hybridized carbons (Fsp3) is 0.389. The van der Waals surface area contributed by atoms with Crippen LogP contribution in [0.4, 0.5) is 11.4 Å². The molecule has 4 nitrogen and oxygen atoms in total. The van der Waals surface area contributed by atoms with E-state index in [9.17, 15) is 0 Å². The van der Waals surface area contributed by atoms with Crippen molar-refractivity contribution in [2.75, 3.05) is 23.3 Å². The van der Waals surface area contributed by atoms with E-state index in [1.807, 2.05) is 18.2 Å². The lowest BCUT2D eigenvalue weighted by atomic mass is 10.1. The van der Waals surface area contributed by atoms with Gasteiger partial charge in [-0.25, -0.2) is 0 Å². The summed E-state index contributed by atoms with van der Waals surface area (Å²) in [5.41, 5.74) is 2.34. The Labute approximate surface area is 141 Å². The van der Waals surface area contributed by atoms with Gasteiger partial charge in [0.25, 0.3) is 0 Å². The average molecular weight is 327 g/mol. The Morgan fingerprint density at radius 3 is 2.65 bits per heavy atom. The third kappa shape index (κ3) is 3.84. The molecule has 2 aromatic rings. The molecule has 0 unspecified atom stereocenters. The smallest absolute Gasteiger partial charge is 0.110 e. The van der Waals surface area contributed by atoms with Gasteiger partial charge in [0.05, 0.1) is 23.6 Å². The van der Waals surface area contributed by atoms with Crippen LogP contribution in [-0.2, 0) is 11.3 Å². The molecule has 1 aromatic heterocycles. The van der Waals surface area contributed by atoms with Crippen LogP contribution in [0.3, 0.4) is 0 Å². The first kappa shape index (κ1) is 15.9. The summed E-state index contributed by atoms with van der Waals surface area (Å²) in [5, 5.41) is 12.4. The molecule has 1 aliphatic rings. The van der Waals surface area contributed by atoms with Crippen molar-refractivity contribution in [2.45, 2.75) is 32.6 Å². The molecule has 1 aromatic carbocycles. The minimum absolute atomic E-state index is 0.238. The number of nitriles is 1. The van der Waals surface area contributed by atoms with Crippen molar-refractivity contribution in [1.82, 2.24) is 0 Å². The maximum atomic E-state index is 8.92. The maximum Gasteiger partial charge on any atom is 0.110 e. The van der Waals surface area contributed by atoms with Crippen LogP contribution in [0, 0.1) is 11.3 Å². The number of nitrogens with one attached hydrogen (secondary N) is 1. The standard InChI is InChI=1S/C18H21N3OS/c1-13-11-21(12-14(2)22-13)18-6-4-3-5-17(18)20-10-16-8-7-15(9-19)23-16/h3-8,13-14,20H,10-12H2,1-2H3/t13-,14-/m1/s1. The third-order valence-corrected chi connectivity index (χ3v) is 4.88. The summed E-state index contributed by atoms with van der Waals surface area (Å²) in [6.45, 7) is 6.78. The SMILES string of the molecule is C[C@@H]1CN(c2ccccc2NCc2ccc(C#N)s2)C[C@@H](C)O1. The molecule has 0 aliphatic carbocycles. The molecule has 1 N–H and O–H groups in total. The second-order valence-corrected chi connectivity index (χ2v) is 7.08. The molecular weight excluding hydrogens is 306 g/mol. The fourth-order valence-corrected chi connectivity index (χ4v) is 3.73. The minimum atomic E-state index is 0.238. The van der Waals surface area contributed by atoms with Gasteiger partial charge in [-0.2, -0.15) is 5.26 Å². The zero-order valence-electron chi connectivity index (χ0n) is 13.5. The molecule has 0 saturated carbocycles. The molecule has 0 spiro atoms. The van der Waals surface area contributed by atoms with E-state index < -0.39 is 0 Å². The van der Waals surface area contributed by atoms with Crippen molar-refractivity contribution < 1.29 is 4.74 Å². The summed E-state index contributed by atoms with van der Waals surface area (Å²) in [4.78, 5) is 4.31. The molecule has 2 atom stereocenters. The highest BCUT2D eigenvalue weighted by molar-refractivity contribution is 7.12. The van der Waals surface area contributed by atoms with Crippen LogP contribution in [-0.4, -0.2) is 25.3 Å². The molecule has 5 heteroatoms. The summed E-state index contributed by atoms with van der Waals surface area (Å²) in [6.07, 6.45) is 0.476. The lowest BCUT2D eigenvalue weighted by Gasteiger charge is -2.37. The number of hydrogen-bond acceptors (Lipinski definition) is 5. The number of para-hydroxylation sites is 2. The molecule has 2 heterocycles. The molecule has 0 bridgehead atoms. The number of thiophene rings is 1. The van der Waals surface area contributed by atoms with Crippen LogP contribution in [0.25, 0.3) is 0 Å². The second kappa shape index (κ2) is 7.03.